The van der Waals surface area contributed by atoms with Crippen LogP contribution in [0.4, 0.5) is 0 Å². The zero-order valence-corrected chi connectivity index (χ0v) is 32.7. The molecule has 0 saturated heterocycles. The maximum absolute atomic E-state index is 9.43. The summed E-state index contributed by atoms with van der Waals surface area (Å²) in [6.07, 6.45) is 12.4. The lowest BCUT2D eigenvalue weighted by atomic mass is 9.87. The fraction of sp³-hybridized carbons (Fsp3) is 0.0364. The van der Waals surface area contributed by atoms with Crippen LogP contribution in [0.5, 0.6) is 0 Å². The molecule has 0 amide bonds. The van der Waals surface area contributed by atoms with Gasteiger partial charge in [0.1, 0.15) is 16.8 Å². The van der Waals surface area contributed by atoms with E-state index in [-0.39, 0.29) is 5.92 Å². The Hall–Kier alpha value is -8.27. The highest BCUT2D eigenvalue weighted by Crippen LogP contribution is 2.40. The first-order valence-corrected chi connectivity index (χ1v) is 20.7. The van der Waals surface area contributed by atoms with Crippen molar-refractivity contribution in [3.05, 3.63) is 192 Å². The molecular weight excluding hydrogens is 747 g/mol. The first-order valence-electron chi connectivity index (χ1n) is 20.7. The van der Waals surface area contributed by atoms with Crippen LogP contribution in [0.15, 0.2) is 180 Å². The van der Waals surface area contributed by atoms with Gasteiger partial charge in [0.2, 0.25) is 5.95 Å². The summed E-state index contributed by atoms with van der Waals surface area (Å²) in [5, 5.41) is 18.5. The van der Waals surface area contributed by atoms with E-state index in [2.05, 4.69) is 173 Å². The van der Waals surface area contributed by atoms with Crippen molar-refractivity contribution in [2.75, 3.05) is 0 Å². The smallest absolute Gasteiger partial charge is 0.236 e. The van der Waals surface area contributed by atoms with E-state index < -0.39 is 0 Å². The zero-order chi connectivity index (χ0) is 40.2. The Morgan fingerprint density at radius 3 is 2.30 bits per heavy atom. The van der Waals surface area contributed by atoms with Crippen LogP contribution in [0.2, 0.25) is 0 Å². The van der Waals surface area contributed by atoms with Gasteiger partial charge in [-0.25, -0.2) is 9.97 Å². The Kier molecular flexibility index (Phi) is 7.10. The highest BCUT2D eigenvalue weighted by Gasteiger charge is 2.25. The molecule has 7 aromatic carbocycles. The summed E-state index contributed by atoms with van der Waals surface area (Å²) in [5.41, 5.74) is 12.2. The molecule has 0 saturated carbocycles. The molecule has 1 unspecified atom stereocenters. The molecule has 11 aromatic rings. The second-order valence-corrected chi connectivity index (χ2v) is 16.0. The van der Waals surface area contributed by atoms with E-state index in [1.54, 1.807) is 0 Å². The molecule has 6 heteroatoms. The van der Waals surface area contributed by atoms with Crippen molar-refractivity contribution in [3.63, 3.8) is 0 Å². The van der Waals surface area contributed by atoms with E-state index in [0.717, 1.165) is 78.3 Å². The number of nitrogens with zero attached hydrogens (tertiary/aromatic N) is 5. The lowest BCUT2D eigenvalue weighted by molar-refractivity contribution is 0.666. The Labute approximate surface area is 349 Å². The van der Waals surface area contributed by atoms with E-state index in [1.807, 2.05) is 24.3 Å². The number of benzene rings is 7. The van der Waals surface area contributed by atoms with Crippen LogP contribution >= 0.6 is 0 Å². The zero-order valence-electron chi connectivity index (χ0n) is 32.7. The van der Waals surface area contributed by atoms with Crippen molar-refractivity contribution in [1.82, 2.24) is 19.1 Å². The van der Waals surface area contributed by atoms with Crippen LogP contribution in [0, 0.1) is 17.2 Å². The topological polar surface area (TPSA) is 72.6 Å². The summed E-state index contributed by atoms with van der Waals surface area (Å²) in [6, 6.07) is 55.0. The minimum absolute atomic E-state index is 0.259. The second kappa shape index (κ2) is 12.9. The highest BCUT2D eigenvalue weighted by atomic mass is 16.3. The number of nitriles is 1. The molecule has 6 nitrogen and oxygen atoms in total. The van der Waals surface area contributed by atoms with Gasteiger partial charge in [-0.2, -0.15) is 5.26 Å². The molecule has 13 rings (SSSR count). The van der Waals surface area contributed by atoms with Gasteiger partial charge in [0, 0.05) is 43.9 Å². The number of para-hydroxylation sites is 2. The number of fused-ring (bicyclic) bond motifs is 12. The number of furan rings is 1. The Balaban J connectivity index is 1.12. The summed E-state index contributed by atoms with van der Waals surface area (Å²) in [7, 11) is 0. The van der Waals surface area contributed by atoms with Gasteiger partial charge in [0.05, 0.1) is 33.5 Å². The molecule has 0 bridgehead atoms. The minimum atomic E-state index is 0.259. The average molecular weight is 780 g/mol. The maximum atomic E-state index is 9.43. The van der Waals surface area contributed by atoms with Gasteiger partial charge >= 0.3 is 0 Å². The van der Waals surface area contributed by atoms with Crippen LogP contribution in [-0.2, 0) is 0 Å². The van der Waals surface area contributed by atoms with E-state index in [4.69, 9.17) is 14.4 Å². The van der Waals surface area contributed by atoms with Crippen molar-refractivity contribution in [3.8, 4) is 40.1 Å². The van der Waals surface area contributed by atoms with Gasteiger partial charge in [-0.15, -0.1) is 0 Å². The number of rotatable bonds is 4. The average Bonchev–Trinajstić information content (AvgIpc) is 3.97. The van der Waals surface area contributed by atoms with Gasteiger partial charge in [0.25, 0.3) is 0 Å². The lowest BCUT2D eigenvalue weighted by Gasteiger charge is -2.18. The molecular formula is C55H33N5O. The molecule has 0 spiro atoms. The van der Waals surface area contributed by atoms with Gasteiger partial charge in [-0.3, -0.25) is 4.57 Å². The molecule has 4 aromatic heterocycles. The standard InChI is InChI=1S/C55H33N5O/c56-32-33-18-20-34(21-19-33)38-22-25-43-50(31-38)61-54-52(39-24-26-47-44(29-39)42-16-8-9-17-46(42)59(47)40-13-2-1-3-14-40)57-55(58-53(43)54)60-48-27-23-35-10-6-7-15-41(35)51(48)45-28-36-11-4-5-12-37(36)30-49(45)60/h1-11,13-31,37H,12H2. The van der Waals surface area contributed by atoms with Crippen molar-refractivity contribution in [2.45, 2.75) is 6.42 Å². The number of aromatic nitrogens is 4. The van der Waals surface area contributed by atoms with Gasteiger partial charge in [-0.05, 0) is 101 Å². The molecule has 1 atom stereocenters. The van der Waals surface area contributed by atoms with Gasteiger partial charge < -0.3 is 8.98 Å². The summed E-state index contributed by atoms with van der Waals surface area (Å²) in [5.74, 6) is 0.855. The number of hydrogen-bond acceptors (Lipinski definition) is 4. The van der Waals surface area contributed by atoms with E-state index >= 15 is 0 Å². The fourth-order valence-electron chi connectivity index (χ4n) is 9.79. The molecule has 284 valence electrons. The normalized spacial score (nSPS) is 14.6. The third kappa shape index (κ3) is 5.01. The molecule has 0 fully saturated rings. The molecule has 0 N–H and O–H groups in total. The summed E-state index contributed by atoms with van der Waals surface area (Å²) < 4.78 is 11.5. The molecule has 4 heterocycles. The van der Waals surface area contributed by atoms with Crippen LogP contribution in [-0.4, -0.2) is 19.1 Å². The largest absolute Gasteiger partial charge is 0.452 e. The van der Waals surface area contributed by atoms with E-state index in [9.17, 15) is 5.26 Å². The first kappa shape index (κ1) is 33.7. The quantitative estimate of drug-likeness (QED) is 0.178. The maximum Gasteiger partial charge on any atom is 0.236 e. The predicted molar refractivity (Wildman–Crippen MR) is 247 cm³/mol. The summed E-state index contributed by atoms with van der Waals surface area (Å²) in [6.45, 7) is 0. The number of allylic oxidation sites excluding steroid dienone is 4. The summed E-state index contributed by atoms with van der Waals surface area (Å²) in [4.78, 5) is 11.0. The third-order valence-corrected chi connectivity index (χ3v) is 12.7. The van der Waals surface area contributed by atoms with Crippen LogP contribution in [0.25, 0.3) is 112 Å². The highest BCUT2D eigenvalue weighted by molar-refractivity contribution is 6.13. The second-order valence-electron chi connectivity index (χ2n) is 16.0. The first-order chi connectivity index (χ1) is 30.2. The van der Waals surface area contributed by atoms with Crippen LogP contribution in [0.1, 0.15) is 12.0 Å². The van der Waals surface area contributed by atoms with E-state index in [0.29, 0.717) is 17.1 Å². The molecule has 2 aliphatic rings. The fourth-order valence-corrected chi connectivity index (χ4v) is 9.79. The summed E-state index contributed by atoms with van der Waals surface area (Å²) >= 11 is 0. The van der Waals surface area contributed by atoms with Crippen molar-refractivity contribution in [1.29, 1.82) is 5.26 Å². The minimum Gasteiger partial charge on any atom is -0.452 e. The molecule has 0 aliphatic heterocycles. The Morgan fingerprint density at radius 2 is 1.41 bits per heavy atom. The van der Waals surface area contributed by atoms with Crippen molar-refractivity contribution in [2.24, 2.45) is 5.92 Å². The molecule has 0 radical (unpaired) electrons. The van der Waals surface area contributed by atoms with Crippen molar-refractivity contribution >= 4 is 77.7 Å². The molecule has 2 aliphatic carbocycles. The SMILES string of the molecule is N#Cc1ccc(-c2ccc3c(c2)oc2c(-c4ccc5c(c4)c4ccccc4n5-c4ccccc4)nc(-n4c5c(c6c7ccccc7ccc64)=CC4=CC=CCC4C=5)nc23)cc1. The van der Waals surface area contributed by atoms with E-state index in [1.165, 1.54) is 32.3 Å². The van der Waals surface area contributed by atoms with Gasteiger partial charge in [-0.1, -0.05) is 115 Å². The number of hydrogen-bond donors (Lipinski definition) is 0. The van der Waals surface area contributed by atoms with Crippen LogP contribution in [0.3, 0.4) is 0 Å². The third-order valence-electron chi connectivity index (χ3n) is 12.7. The predicted octanol–water partition coefficient (Wildman–Crippen LogP) is 11.9. The van der Waals surface area contributed by atoms with Crippen LogP contribution < -0.4 is 10.6 Å². The van der Waals surface area contributed by atoms with Crippen molar-refractivity contribution < 1.29 is 4.42 Å². The molecule has 61 heavy (non-hydrogen) atoms. The Morgan fingerprint density at radius 1 is 0.639 bits per heavy atom. The monoisotopic (exact) mass is 779 g/mol. The Bertz CT molecular complexity index is 3910. The lowest BCUT2D eigenvalue weighted by Crippen LogP contribution is -2.34. The van der Waals surface area contributed by atoms with Gasteiger partial charge in [0.15, 0.2) is 5.58 Å².